The number of nitrogens with one attached hydrogen (secondary N) is 1. The van der Waals surface area contributed by atoms with Crippen molar-refractivity contribution in [3.63, 3.8) is 0 Å². The maximum absolute atomic E-state index is 12.5. The Labute approximate surface area is 146 Å². The van der Waals surface area contributed by atoms with Gasteiger partial charge >= 0.3 is 0 Å². The molecule has 1 aromatic carbocycles. The number of halogens is 1. The Hall–Kier alpha value is -1.62. The van der Waals surface area contributed by atoms with Gasteiger partial charge in [0.1, 0.15) is 5.82 Å². The van der Waals surface area contributed by atoms with E-state index in [1.54, 1.807) is 0 Å². The number of thioether (sulfide) groups is 1. The van der Waals surface area contributed by atoms with Crippen LogP contribution < -0.4 is 5.32 Å². The molecule has 0 radical (unpaired) electrons. The number of rotatable bonds is 5. The van der Waals surface area contributed by atoms with Crippen molar-refractivity contribution in [2.45, 2.75) is 49.7 Å². The van der Waals surface area contributed by atoms with Gasteiger partial charge in [0.25, 0.3) is 0 Å². The third-order valence-electron chi connectivity index (χ3n) is 4.86. The highest BCUT2D eigenvalue weighted by molar-refractivity contribution is 7.99. The molecule has 0 saturated carbocycles. The lowest BCUT2D eigenvalue weighted by molar-refractivity contribution is 0.532. The summed E-state index contributed by atoms with van der Waals surface area (Å²) in [7, 11) is 0. The van der Waals surface area contributed by atoms with Crippen molar-refractivity contribution in [1.82, 2.24) is 9.97 Å². The first-order chi connectivity index (χ1) is 11.8. The van der Waals surface area contributed by atoms with Crippen LogP contribution in [0, 0.1) is 0 Å². The topological polar surface area (TPSA) is 37.8 Å². The van der Waals surface area contributed by atoms with Gasteiger partial charge in [0.2, 0.25) is 0 Å². The fourth-order valence-electron chi connectivity index (χ4n) is 3.74. The van der Waals surface area contributed by atoms with Gasteiger partial charge in [-0.05, 0) is 49.7 Å². The molecule has 126 valence electrons. The average Bonchev–Trinajstić information content (AvgIpc) is 3.02. The maximum atomic E-state index is 12.5. The van der Waals surface area contributed by atoms with E-state index >= 15 is 0 Å². The fraction of sp³-hybridized carbons (Fsp3) is 0.474. The number of hydrogen-bond donors (Lipinski definition) is 1. The van der Waals surface area contributed by atoms with E-state index in [-0.39, 0.29) is 6.67 Å². The molecule has 4 rings (SSSR count). The minimum absolute atomic E-state index is 0.341. The van der Waals surface area contributed by atoms with Gasteiger partial charge < -0.3 is 5.32 Å². The molecule has 0 saturated heterocycles. The molecule has 0 atom stereocenters. The predicted octanol–water partition coefficient (Wildman–Crippen LogP) is 4.00. The number of aryl methyl sites for hydroxylation is 1. The van der Waals surface area contributed by atoms with Crippen molar-refractivity contribution in [2.24, 2.45) is 0 Å². The molecule has 1 N–H and O–H groups in total. The average molecular weight is 343 g/mol. The Kier molecular flexibility index (Phi) is 4.69. The molecular formula is C19H22FN3S. The maximum Gasteiger partial charge on any atom is 0.189 e. The third kappa shape index (κ3) is 3.27. The second-order valence-electron chi connectivity index (χ2n) is 6.54. The molecule has 0 aliphatic heterocycles. The molecule has 1 heterocycles. The lowest BCUT2D eigenvalue weighted by atomic mass is 9.96. The summed E-state index contributed by atoms with van der Waals surface area (Å²) in [6.07, 6.45) is 6.54. The van der Waals surface area contributed by atoms with Crippen molar-refractivity contribution in [2.75, 3.05) is 17.7 Å². The third-order valence-corrected chi connectivity index (χ3v) is 5.66. The number of nitrogens with zero attached hydrogens (tertiary/aromatic N) is 2. The smallest absolute Gasteiger partial charge is 0.189 e. The summed E-state index contributed by atoms with van der Waals surface area (Å²) in [6, 6.07) is 9.05. The molecule has 0 amide bonds. The van der Waals surface area contributed by atoms with Gasteiger partial charge in [0.15, 0.2) is 5.16 Å². The van der Waals surface area contributed by atoms with Gasteiger partial charge in [0.05, 0.1) is 12.4 Å². The summed E-state index contributed by atoms with van der Waals surface area (Å²) in [5.41, 5.74) is 5.31. The van der Waals surface area contributed by atoms with Crippen molar-refractivity contribution in [1.29, 1.82) is 0 Å². The van der Waals surface area contributed by atoms with Gasteiger partial charge in [-0.15, -0.1) is 0 Å². The second kappa shape index (κ2) is 7.09. The largest absolute Gasteiger partial charge is 0.366 e. The summed E-state index contributed by atoms with van der Waals surface area (Å²) < 4.78 is 12.5. The van der Waals surface area contributed by atoms with Crippen LogP contribution in [-0.4, -0.2) is 28.4 Å². The molecule has 0 unspecified atom stereocenters. The predicted molar refractivity (Wildman–Crippen MR) is 96.6 cm³/mol. The van der Waals surface area contributed by atoms with E-state index in [9.17, 15) is 4.39 Å². The van der Waals surface area contributed by atoms with Crippen LogP contribution in [0.25, 0.3) is 0 Å². The quantitative estimate of drug-likeness (QED) is 0.658. The molecule has 3 nitrogen and oxygen atoms in total. The van der Waals surface area contributed by atoms with Gasteiger partial charge in [-0.1, -0.05) is 36.0 Å². The Balaban J connectivity index is 1.57. The van der Waals surface area contributed by atoms with Crippen molar-refractivity contribution < 1.29 is 4.39 Å². The van der Waals surface area contributed by atoms with Crippen molar-refractivity contribution in [3.05, 3.63) is 46.6 Å². The lowest BCUT2D eigenvalue weighted by Crippen LogP contribution is -2.23. The first-order valence-corrected chi connectivity index (χ1v) is 9.74. The highest BCUT2D eigenvalue weighted by atomic mass is 32.2. The molecule has 1 aromatic heterocycles. The summed E-state index contributed by atoms with van der Waals surface area (Å²) >= 11 is 1.42. The monoisotopic (exact) mass is 343 g/mol. The van der Waals surface area contributed by atoms with E-state index in [1.807, 2.05) is 0 Å². The summed E-state index contributed by atoms with van der Waals surface area (Å²) in [5, 5.41) is 4.39. The van der Waals surface area contributed by atoms with E-state index in [1.165, 1.54) is 41.3 Å². The molecule has 2 aromatic rings. The van der Waals surface area contributed by atoms with Gasteiger partial charge in [0, 0.05) is 17.4 Å². The van der Waals surface area contributed by atoms with E-state index in [0.29, 0.717) is 17.0 Å². The SMILES string of the molecule is FCCSc1nc2c(c(NC3Cc4ccccc4C3)n1)CCCC2. The summed E-state index contributed by atoms with van der Waals surface area (Å²) in [4.78, 5) is 9.39. The first kappa shape index (κ1) is 15.9. The minimum Gasteiger partial charge on any atom is -0.366 e. The fourth-order valence-corrected chi connectivity index (χ4v) is 4.33. The standard InChI is InChI=1S/C19H22FN3S/c20-9-10-24-19-22-17-8-4-3-7-16(17)18(23-19)21-15-11-13-5-1-2-6-14(13)12-15/h1-2,5-6,15H,3-4,7-12H2,(H,21,22,23). The number of aromatic nitrogens is 2. The molecule has 2 aliphatic carbocycles. The van der Waals surface area contributed by atoms with Crippen LogP contribution in [0.3, 0.4) is 0 Å². The van der Waals surface area contributed by atoms with E-state index < -0.39 is 0 Å². The zero-order chi connectivity index (χ0) is 16.4. The molecular weight excluding hydrogens is 321 g/mol. The number of fused-ring (bicyclic) bond motifs is 2. The molecule has 5 heteroatoms. The highest BCUT2D eigenvalue weighted by Gasteiger charge is 2.24. The van der Waals surface area contributed by atoms with E-state index in [2.05, 4.69) is 34.6 Å². The van der Waals surface area contributed by atoms with Gasteiger partial charge in [-0.3, -0.25) is 4.39 Å². The molecule has 0 fully saturated rings. The van der Waals surface area contributed by atoms with E-state index in [0.717, 1.165) is 37.2 Å². The first-order valence-electron chi connectivity index (χ1n) is 8.75. The molecule has 0 bridgehead atoms. The van der Waals surface area contributed by atoms with Crippen LogP contribution >= 0.6 is 11.8 Å². The molecule has 0 spiro atoms. The van der Waals surface area contributed by atoms with Crippen LogP contribution in [0.1, 0.15) is 35.2 Å². The van der Waals surface area contributed by atoms with Crippen molar-refractivity contribution >= 4 is 17.6 Å². The lowest BCUT2D eigenvalue weighted by Gasteiger charge is -2.22. The van der Waals surface area contributed by atoms with Gasteiger partial charge in [-0.2, -0.15) is 0 Å². The molecule has 2 aliphatic rings. The Morgan fingerprint density at radius 2 is 1.83 bits per heavy atom. The zero-order valence-corrected chi connectivity index (χ0v) is 14.5. The number of hydrogen-bond acceptors (Lipinski definition) is 4. The Bertz CT molecular complexity index is 710. The van der Waals surface area contributed by atoms with Crippen LogP contribution in [0.5, 0.6) is 0 Å². The Morgan fingerprint density at radius 1 is 1.08 bits per heavy atom. The van der Waals surface area contributed by atoms with Crippen LogP contribution in [0.2, 0.25) is 0 Å². The van der Waals surface area contributed by atoms with Gasteiger partial charge in [-0.25, -0.2) is 9.97 Å². The molecule has 24 heavy (non-hydrogen) atoms. The van der Waals surface area contributed by atoms with Crippen LogP contribution in [0.15, 0.2) is 29.4 Å². The highest BCUT2D eigenvalue weighted by Crippen LogP contribution is 2.31. The Morgan fingerprint density at radius 3 is 2.58 bits per heavy atom. The normalized spacial score (nSPS) is 16.7. The van der Waals surface area contributed by atoms with Crippen LogP contribution in [-0.2, 0) is 25.7 Å². The number of anilines is 1. The number of alkyl halides is 1. The summed E-state index contributed by atoms with van der Waals surface area (Å²) in [6.45, 7) is -0.341. The van der Waals surface area contributed by atoms with Crippen LogP contribution in [0.4, 0.5) is 10.2 Å². The summed E-state index contributed by atoms with van der Waals surface area (Å²) in [5.74, 6) is 1.41. The minimum atomic E-state index is -0.341. The second-order valence-corrected chi connectivity index (χ2v) is 7.60. The number of benzene rings is 1. The zero-order valence-electron chi connectivity index (χ0n) is 13.7. The van der Waals surface area contributed by atoms with E-state index in [4.69, 9.17) is 4.98 Å². The van der Waals surface area contributed by atoms with Crippen molar-refractivity contribution in [3.8, 4) is 0 Å².